The summed E-state index contributed by atoms with van der Waals surface area (Å²) in [5.41, 5.74) is 9.39. The Balaban J connectivity index is 0.958. The van der Waals surface area contributed by atoms with Gasteiger partial charge in [0.05, 0.1) is 0 Å². The Morgan fingerprint density at radius 1 is 0.281 bits per heavy atom. The van der Waals surface area contributed by atoms with Gasteiger partial charge < -0.3 is 4.42 Å². The molecule has 57 heavy (non-hydrogen) atoms. The summed E-state index contributed by atoms with van der Waals surface area (Å²) < 4.78 is 11.8. The van der Waals surface area contributed by atoms with Crippen molar-refractivity contribution in [2.45, 2.75) is 0 Å². The summed E-state index contributed by atoms with van der Waals surface area (Å²) in [4.78, 5) is 0. The van der Waals surface area contributed by atoms with Gasteiger partial charge in [0, 0.05) is 51.1 Å². The average molecular weight is 759 g/mol. The largest absolute Gasteiger partial charge is 0.456 e. The molecule has 3 heterocycles. The molecule has 0 fully saturated rings. The first kappa shape index (κ1) is 31.4. The van der Waals surface area contributed by atoms with E-state index in [1.54, 1.807) is 0 Å². The molecule has 0 aliphatic carbocycles. The quantitative estimate of drug-likeness (QED) is 0.164. The summed E-state index contributed by atoms with van der Waals surface area (Å²) in [6.45, 7) is 0. The first-order chi connectivity index (χ1) is 28.2. The molecule has 13 rings (SSSR count). The highest BCUT2D eigenvalue weighted by Crippen LogP contribution is 2.47. The van der Waals surface area contributed by atoms with E-state index in [-0.39, 0.29) is 0 Å². The van der Waals surface area contributed by atoms with Gasteiger partial charge in [-0.2, -0.15) is 0 Å². The molecule has 1 nitrogen and oxygen atoms in total. The zero-order chi connectivity index (χ0) is 37.2. The van der Waals surface area contributed by atoms with E-state index in [1.807, 2.05) is 22.7 Å². The van der Waals surface area contributed by atoms with E-state index in [0.29, 0.717) is 0 Å². The van der Waals surface area contributed by atoms with Gasteiger partial charge in [0.25, 0.3) is 0 Å². The van der Waals surface area contributed by atoms with E-state index in [0.717, 1.165) is 16.6 Å². The van der Waals surface area contributed by atoms with Crippen LogP contribution in [0.15, 0.2) is 186 Å². The molecule has 3 heteroatoms. The van der Waals surface area contributed by atoms with Crippen molar-refractivity contribution in [2.75, 3.05) is 0 Å². The third-order valence-electron chi connectivity index (χ3n) is 12.0. The highest BCUT2D eigenvalue weighted by Gasteiger charge is 2.19. The van der Waals surface area contributed by atoms with Crippen LogP contribution < -0.4 is 0 Å². The lowest BCUT2D eigenvalue weighted by Crippen LogP contribution is -1.90. The van der Waals surface area contributed by atoms with Gasteiger partial charge in [0.2, 0.25) is 0 Å². The third kappa shape index (κ3) is 4.61. The maximum atomic E-state index is 6.61. The number of hydrogen-bond donors (Lipinski definition) is 0. The number of hydrogen-bond acceptors (Lipinski definition) is 3. The van der Waals surface area contributed by atoms with Gasteiger partial charge >= 0.3 is 0 Å². The topological polar surface area (TPSA) is 13.1 Å². The smallest absolute Gasteiger partial charge is 0.136 e. The van der Waals surface area contributed by atoms with Gasteiger partial charge in [-0.15, -0.1) is 22.7 Å². The first-order valence-electron chi connectivity index (χ1n) is 19.4. The molecular formula is C54H30OS2. The second kappa shape index (κ2) is 11.9. The Labute approximate surface area is 335 Å². The van der Waals surface area contributed by atoms with Crippen LogP contribution in [0.1, 0.15) is 0 Å². The maximum Gasteiger partial charge on any atom is 0.136 e. The minimum atomic E-state index is 0.929. The van der Waals surface area contributed by atoms with Gasteiger partial charge in [-0.25, -0.2) is 0 Å². The van der Waals surface area contributed by atoms with Crippen LogP contribution >= 0.6 is 22.7 Å². The monoisotopic (exact) mass is 758 g/mol. The predicted octanol–water partition coefficient (Wildman–Crippen LogP) is 16.8. The molecule has 0 unspecified atom stereocenters. The molecule has 0 aliphatic heterocycles. The molecule has 0 bridgehead atoms. The van der Waals surface area contributed by atoms with Crippen molar-refractivity contribution in [3.8, 4) is 33.4 Å². The highest BCUT2D eigenvalue weighted by molar-refractivity contribution is 7.26. The molecule has 0 saturated carbocycles. The van der Waals surface area contributed by atoms with Gasteiger partial charge in [0.15, 0.2) is 0 Å². The van der Waals surface area contributed by atoms with E-state index in [9.17, 15) is 0 Å². The number of benzene rings is 10. The molecule has 0 aliphatic rings. The fraction of sp³-hybridized carbons (Fsp3) is 0. The Kier molecular flexibility index (Phi) is 6.54. The summed E-state index contributed by atoms with van der Waals surface area (Å²) in [7, 11) is 0. The Morgan fingerprint density at radius 2 is 0.860 bits per heavy atom. The second-order valence-electron chi connectivity index (χ2n) is 15.2. The molecule has 264 valence electrons. The van der Waals surface area contributed by atoms with Crippen molar-refractivity contribution in [2.24, 2.45) is 0 Å². The molecule has 10 aromatic carbocycles. The molecule has 0 saturated heterocycles. The van der Waals surface area contributed by atoms with Crippen LogP contribution in [-0.2, 0) is 0 Å². The molecule has 0 radical (unpaired) electrons. The number of thiophene rings is 2. The summed E-state index contributed by atoms with van der Waals surface area (Å²) >= 11 is 3.71. The van der Waals surface area contributed by atoms with Crippen molar-refractivity contribution in [1.82, 2.24) is 0 Å². The van der Waals surface area contributed by atoms with E-state index < -0.39 is 0 Å². The fourth-order valence-electron chi connectivity index (χ4n) is 9.47. The molecule has 0 N–H and O–H groups in total. The first-order valence-corrected chi connectivity index (χ1v) is 21.0. The van der Waals surface area contributed by atoms with Crippen LogP contribution in [0.3, 0.4) is 0 Å². The van der Waals surface area contributed by atoms with Crippen LogP contribution in [0.4, 0.5) is 0 Å². The molecule has 13 aromatic rings. The lowest BCUT2D eigenvalue weighted by Gasteiger charge is -2.17. The summed E-state index contributed by atoms with van der Waals surface area (Å²) in [6, 6.07) is 67.2. The Bertz CT molecular complexity index is 3750. The molecule has 3 aromatic heterocycles. The summed E-state index contributed by atoms with van der Waals surface area (Å²) in [5.74, 6) is 0. The van der Waals surface area contributed by atoms with E-state index in [4.69, 9.17) is 4.42 Å². The maximum absolute atomic E-state index is 6.61. The van der Waals surface area contributed by atoms with Gasteiger partial charge in [-0.1, -0.05) is 133 Å². The zero-order valence-corrected chi connectivity index (χ0v) is 32.2. The zero-order valence-electron chi connectivity index (χ0n) is 30.5. The number of fused-ring (bicyclic) bond motifs is 12. The van der Waals surface area contributed by atoms with Crippen molar-refractivity contribution in [1.29, 1.82) is 0 Å². The normalized spacial score (nSPS) is 12.2. The lowest BCUT2D eigenvalue weighted by atomic mass is 9.86. The second-order valence-corrected chi connectivity index (χ2v) is 17.3. The van der Waals surface area contributed by atoms with E-state index >= 15 is 0 Å². The average Bonchev–Trinajstić information content (AvgIpc) is 3.93. The number of furan rings is 1. The summed E-state index contributed by atoms with van der Waals surface area (Å²) in [6.07, 6.45) is 0. The SMILES string of the molecule is c1ccc(-c2c3ccccc3c(-c3ccc4c(c3)sc3ccc(-c5cccc6cc7c(cc56)oc5cc6sc8ccccc8c6cc57)cc34)c3ccccc23)cc1. The third-order valence-corrected chi connectivity index (χ3v) is 14.3. The van der Waals surface area contributed by atoms with Crippen LogP contribution in [0.25, 0.3) is 128 Å². The standard InChI is InChI=1S/C54H30OS2/c1-2-11-31(12-3-1)53-38-15-4-6-17-40(38)54(41-18-7-5-16-39(41)53)34-21-23-37-45-26-33(22-24-50(45)57-51(37)27-34)35-19-10-13-32-25-43-44-28-46-36-14-8-9-20-49(36)56-52(46)30-48(44)55-47(43)29-42(32)35/h1-30H. The van der Waals surface area contributed by atoms with Crippen LogP contribution in [0.5, 0.6) is 0 Å². The molecule has 0 spiro atoms. The minimum Gasteiger partial charge on any atom is -0.456 e. The molecule has 0 atom stereocenters. The van der Waals surface area contributed by atoms with Crippen molar-refractivity contribution < 1.29 is 4.42 Å². The van der Waals surface area contributed by atoms with Gasteiger partial charge in [0.1, 0.15) is 11.2 Å². The van der Waals surface area contributed by atoms with Crippen molar-refractivity contribution in [3.63, 3.8) is 0 Å². The molecule has 0 amide bonds. The number of rotatable bonds is 3. The van der Waals surface area contributed by atoms with Crippen LogP contribution in [0.2, 0.25) is 0 Å². The van der Waals surface area contributed by atoms with Gasteiger partial charge in [-0.05, 0) is 114 Å². The molecular weight excluding hydrogens is 729 g/mol. The van der Waals surface area contributed by atoms with E-state index in [1.165, 1.54) is 111 Å². The van der Waals surface area contributed by atoms with Crippen molar-refractivity contribution in [3.05, 3.63) is 182 Å². The summed E-state index contributed by atoms with van der Waals surface area (Å²) in [5, 5.41) is 15.1. The van der Waals surface area contributed by atoms with Crippen LogP contribution in [-0.4, -0.2) is 0 Å². The van der Waals surface area contributed by atoms with E-state index in [2.05, 4.69) is 182 Å². The van der Waals surface area contributed by atoms with Gasteiger partial charge in [-0.3, -0.25) is 0 Å². The minimum absolute atomic E-state index is 0.929. The fourth-order valence-corrected chi connectivity index (χ4v) is 11.7. The predicted molar refractivity (Wildman–Crippen MR) is 248 cm³/mol. The van der Waals surface area contributed by atoms with Crippen LogP contribution in [0, 0.1) is 0 Å². The van der Waals surface area contributed by atoms with Crippen molar-refractivity contribution >= 4 is 117 Å². The highest BCUT2D eigenvalue weighted by atomic mass is 32.1. The lowest BCUT2D eigenvalue weighted by molar-refractivity contribution is 0.670. The Hall–Kier alpha value is -6.78. The Morgan fingerprint density at radius 3 is 1.63 bits per heavy atom.